The van der Waals surface area contributed by atoms with Gasteiger partial charge >= 0.3 is 0 Å². The molecule has 7 aromatic carbocycles. The number of nitrogens with zero attached hydrogens (tertiary/aromatic N) is 4. The molecule has 0 aliphatic carbocycles. The maximum atomic E-state index is 13.4. The summed E-state index contributed by atoms with van der Waals surface area (Å²) in [6.45, 7) is 5.51. The molecular formula is C54H52N8O6S4. The molecular weight excluding hydrogens is 985 g/mol. The Kier molecular flexibility index (Phi) is 14.8. The fourth-order valence-corrected chi connectivity index (χ4v) is 11.6. The minimum Gasteiger partial charge on any atom is -0.377 e. The molecule has 4 N–H and O–H groups in total. The Bertz CT molecular complexity index is 3680. The SMILES string of the molecule is CN(C)c1cccc2c(S(=O)(=O)Nc3cccc(-c4csc(NC(=O)C(C)(C)C)n4)c3)cccc12.CN(C)c1cccc2c(S(=O)(=O)Nc3cccc(-c4csc(NC(=O)c5ccccc5)n4)c3)cccc12. The van der Waals surface area contributed by atoms with Gasteiger partial charge in [-0.1, -0.05) is 112 Å². The largest absolute Gasteiger partial charge is 0.377 e. The quantitative estimate of drug-likeness (QED) is 0.0867. The summed E-state index contributed by atoms with van der Waals surface area (Å²) in [5.41, 5.74) is 5.50. The van der Waals surface area contributed by atoms with Crippen LogP contribution in [0.2, 0.25) is 0 Å². The van der Waals surface area contributed by atoms with Crippen molar-refractivity contribution in [2.45, 2.75) is 30.6 Å². The predicted molar refractivity (Wildman–Crippen MR) is 296 cm³/mol. The lowest BCUT2D eigenvalue weighted by Gasteiger charge is -2.17. The Labute approximate surface area is 427 Å². The second-order valence-corrected chi connectivity index (χ2v) is 23.0. The van der Waals surface area contributed by atoms with Crippen molar-refractivity contribution in [2.75, 3.05) is 58.1 Å². The van der Waals surface area contributed by atoms with E-state index < -0.39 is 25.5 Å². The molecule has 0 spiro atoms. The Hall–Kier alpha value is -7.64. The van der Waals surface area contributed by atoms with E-state index in [1.165, 1.54) is 22.7 Å². The monoisotopic (exact) mass is 1040 g/mol. The van der Waals surface area contributed by atoms with E-state index >= 15 is 0 Å². The van der Waals surface area contributed by atoms with E-state index in [-0.39, 0.29) is 21.6 Å². The minimum atomic E-state index is -3.87. The van der Waals surface area contributed by atoms with Crippen molar-refractivity contribution in [3.63, 3.8) is 0 Å². The van der Waals surface area contributed by atoms with Crippen LogP contribution in [0.3, 0.4) is 0 Å². The normalized spacial score (nSPS) is 11.6. The lowest BCUT2D eigenvalue weighted by molar-refractivity contribution is -0.123. The van der Waals surface area contributed by atoms with Gasteiger partial charge in [-0.15, -0.1) is 22.7 Å². The molecule has 72 heavy (non-hydrogen) atoms. The number of aromatic nitrogens is 2. The van der Waals surface area contributed by atoms with Gasteiger partial charge in [0, 0.05) is 105 Å². The standard InChI is InChI=1S/C28H24N4O3S2.C26H28N4O3S2/c1-32(2)25-15-7-14-23-22(25)13-8-16-26(23)37(34,35)31-21-12-6-11-20(17-21)24-18-36-28(29-24)30-27(33)19-9-4-3-5-10-19;1-26(2,3)24(31)28-25-27-21(16-34-25)17-9-6-10-18(15-17)29-35(32,33)23-14-8-11-19-20(23)12-7-13-22(19)30(4)5/h3-18,31H,1-2H3,(H,29,30,33);6-16,29H,1-5H3,(H,27,28,31). The maximum absolute atomic E-state index is 13.4. The van der Waals surface area contributed by atoms with Crippen molar-refractivity contribution < 1.29 is 26.4 Å². The maximum Gasteiger partial charge on any atom is 0.262 e. The van der Waals surface area contributed by atoms with E-state index in [4.69, 9.17) is 0 Å². The van der Waals surface area contributed by atoms with Crippen molar-refractivity contribution in [1.29, 1.82) is 0 Å². The molecule has 14 nitrogen and oxygen atoms in total. The molecule has 9 rings (SSSR count). The van der Waals surface area contributed by atoms with E-state index in [1.54, 1.807) is 84.9 Å². The number of hydrogen-bond acceptors (Lipinski definition) is 12. The number of nitrogens with one attached hydrogen (secondary N) is 4. The number of sulfonamides is 2. The van der Waals surface area contributed by atoms with Gasteiger partial charge in [-0.05, 0) is 60.7 Å². The first-order valence-corrected chi connectivity index (χ1v) is 27.2. The zero-order valence-corrected chi connectivity index (χ0v) is 43.7. The Morgan fingerprint density at radius 1 is 0.500 bits per heavy atom. The molecule has 0 aliphatic heterocycles. The summed E-state index contributed by atoms with van der Waals surface area (Å²) >= 11 is 2.63. The zero-order chi connectivity index (χ0) is 51.4. The number of amides is 2. The topological polar surface area (TPSA) is 183 Å². The lowest BCUT2D eigenvalue weighted by atomic mass is 9.96. The molecule has 0 bridgehead atoms. The van der Waals surface area contributed by atoms with Crippen LogP contribution in [0.1, 0.15) is 31.1 Å². The van der Waals surface area contributed by atoms with Crippen LogP contribution in [-0.4, -0.2) is 66.8 Å². The summed E-state index contributed by atoms with van der Waals surface area (Å²) in [4.78, 5) is 38.0. The molecule has 0 saturated carbocycles. The van der Waals surface area contributed by atoms with Gasteiger partial charge < -0.3 is 15.1 Å². The molecule has 2 heterocycles. The summed E-state index contributed by atoms with van der Waals surface area (Å²) in [7, 11) is -0.00579. The van der Waals surface area contributed by atoms with Crippen molar-refractivity contribution in [3.05, 3.63) is 168 Å². The van der Waals surface area contributed by atoms with Gasteiger partial charge in [-0.25, -0.2) is 26.8 Å². The van der Waals surface area contributed by atoms with Crippen LogP contribution >= 0.6 is 22.7 Å². The number of carbonyl (C=O) groups is 2. The first kappa shape index (κ1) is 50.7. The van der Waals surface area contributed by atoms with Crippen LogP contribution < -0.4 is 29.9 Å². The Morgan fingerprint density at radius 3 is 1.36 bits per heavy atom. The number of thiazole rings is 2. The van der Waals surface area contributed by atoms with Crippen LogP contribution in [0.5, 0.6) is 0 Å². The van der Waals surface area contributed by atoms with Crippen molar-refractivity contribution in [2.24, 2.45) is 5.41 Å². The van der Waals surface area contributed by atoms with Crippen LogP contribution in [-0.2, 0) is 24.8 Å². The summed E-state index contributed by atoms with van der Waals surface area (Å²) < 4.78 is 59.0. The smallest absolute Gasteiger partial charge is 0.262 e. The second-order valence-electron chi connectivity index (χ2n) is 18.0. The highest BCUT2D eigenvalue weighted by Crippen LogP contribution is 2.35. The number of anilines is 6. The van der Waals surface area contributed by atoms with E-state index in [9.17, 15) is 26.4 Å². The average molecular weight is 1040 g/mol. The van der Waals surface area contributed by atoms with Gasteiger partial charge in [0.25, 0.3) is 26.0 Å². The number of fused-ring (bicyclic) bond motifs is 2. The highest BCUT2D eigenvalue weighted by molar-refractivity contribution is 7.93. The van der Waals surface area contributed by atoms with Gasteiger partial charge in [0.2, 0.25) is 5.91 Å². The van der Waals surface area contributed by atoms with Crippen LogP contribution in [0, 0.1) is 5.41 Å². The molecule has 2 aromatic heterocycles. The molecule has 0 aliphatic rings. The molecule has 0 fully saturated rings. The third-order valence-electron chi connectivity index (χ3n) is 11.2. The molecule has 0 atom stereocenters. The van der Waals surface area contributed by atoms with Crippen LogP contribution in [0.25, 0.3) is 44.1 Å². The van der Waals surface area contributed by atoms with Gasteiger partial charge in [0.15, 0.2) is 10.3 Å². The van der Waals surface area contributed by atoms with Gasteiger partial charge in [0.05, 0.1) is 21.2 Å². The van der Waals surface area contributed by atoms with Crippen molar-refractivity contribution >= 4 is 109 Å². The Balaban J connectivity index is 0.000000193. The fraction of sp³-hybridized carbons (Fsp3) is 0.148. The highest BCUT2D eigenvalue weighted by atomic mass is 32.2. The fourth-order valence-electron chi connectivity index (χ4n) is 7.65. The van der Waals surface area contributed by atoms with Crippen LogP contribution in [0.4, 0.5) is 33.0 Å². The summed E-state index contributed by atoms with van der Waals surface area (Å²) in [6.07, 6.45) is 0. The van der Waals surface area contributed by atoms with Gasteiger partial charge in [0.1, 0.15) is 0 Å². The van der Waals surface area contributed by atoms with Gasteiger partial charge in [-0.2, -0.15) is 0 Å². The van der Waals surface area contributed by atoms with Crippen LogP contribution in [0.15, 0.2) is 172 Å². The summed E-state index contributed by atoms with van der Waals surface area (Å²) in [5.74, 6) is -0.358. The molecule has 9 aromatic rings. The first-order valence-electron chi connectivity index (χ1n) is 22.5. The molecule has 368 valence electrons. The van der Waals surface area contributed by atoms with E-state index in [0.717, 1.165) is 33.3 Å². The molecule has 0 unspecified atom stereocenters. The minimum absolute atomic E-state index is 0.118. The highest BCUT2D eigenvalue weighted by Gasteiger charge is 2.24. The van der Waals surface area contributed by atoms with Gasteiger partial charge in [-0.3, -0.25) is 24.4 Å². The number of rotatable bonds is 13. The molecule has 18 heteroatoms. The van der Waals surface area contributed by atoms with E-state index in [0.29, 0.717) is 49.4 Å². The van der Waals surface area contributed by atoms with E-state index in [2.05, 4.69) is 30.0 Å². The summed E-state index contributed by atoms with van der Waals surface area (Å²) in [6, 6.07) is 44.8. The first-order chi connectivity index (χ1) is 34.3. The predicted octanol–water partition coefficient (Wildman–Crippen LogP) is 11.9. The third kappa shape index (κ3) is 11.6. The number of hydrogen-bond donors (Lipinski definition) is 4. The Morgan fingerprint density at radius 2 is 0.917 bits per heavy atom. The van der Waals surface area contributed by atoms with Crippen molar-refractivity contribution in [3.8, 4) is 22.5 Å². The molecule has 2 amide bonds. The molecule has 0 radical (unpaired) electrons. The average Bonchev–Trinajstić information content (AvgIpc) is 4.03. The van der Waals surface area contributed by atoms with Crippen molar-refractivity contribution in [1.82, 2.24) is 9.97 Å². The van der Waals surface area contributed by atoms with E-state index in [1.807, 2.05) is 136 Å². The summed E-state index contributed by atoms with van der Waals surface area (Å²) in [5, 5.41) is 13.3. The number of carbonyl (C=O) groups excluding carboxylic acids is 2. The lowest BCUT2D eigenvalue weighted by Crippen LogP contribution is -2.27. The second kappa shape index (κ2) is 21.0. The number of benzene rings is 7. The molecule has 0 saturated heterocycles. The zero-order valence-electron chi connectivity index (χ0n) is 40.5. The third-order valence-corrected chi connectivity index (χ3v) is 15.6.